The average molecular weight is 393 g/mol. The van der Waals surface area contributed by atoms with Crippen molar-refractivity contribution in [2.75, 3.05) is 6.54 Å². The Morgan fingerprint density at radius 1 is 1.50 bits per heavy atom. The van der Waals surface area contributed by atoms with Crippen LogP contribution in [0.3, 0.4) is 0 Å². The predicted octanol–water partition coefficient (Wildman–Crippen LogP) is 3.63. The minimum Gasteiger partial charge on any atom is -0.467 e. The molecule has 126 valence electrons. The Hall–Kier alpha value is -2.25. The molecule has 1 unspecified atom stereocenters. The van der Waals surface area contributed by atoms with E-state index in [0.29, 0.717) is 41.2 Å². The number of amides is 1. The maximum Gasteiger partial charge on any atom is 0.268 e. The highest BCUT2D eigenvalue weighted by atomic mass is 79.9. The Bertz CT molecular complexity index is 848. The number of nitrogens with one attached hydrogen (secondary N) is 1. The molecule has 0 aromatic carbocycles. The van der Waals surface area contributed by atoms with Gasteiger partial charge in [0.2, 0.25) is 0 Å². The Morgan fingerprint density at radius 2 is 2.33 bits per heavy atom. The Morgan fingerprint density at radius 3 is 3.04 bits per heavy atom. The molecule has 0 aliphatic heterocycles. The van der Waals surface area contributed by atoms with Crippen LogP contribution < -0.4 is 5.32 Å². The van der Waals surface area contributed by atoms with E-state index in [1.807, 2.05) is 10.6 Å². The van der Waals surface area contributed by atoms with E-state index in [-0.39, 0.29) is 5.91 Å². The van der Waals surface area contributed by atoms with Crippen molar-refractivity contribution in [1.82, 2.24) is 9.88 Å². The highest BCUT2D eigenvalue weighted by molar-refractivity contribution is 9.10. The summed E-state index contributed by atoms with van der Waals surface area (Å²) in [4.78, 5) is 12.4. The Kier molecular flexibility index (Phi) is 4.92. The standard InChI is InChI=1S/C17H17BrN2O4/c1-2-7-20-11-10-16(18)24-15(11)9-12(20)17(22)19-6-5-13(21)14-4-3-8-23-14/h2-4,8-10,13,21H,1,5-7H2,(H,19,22). The lowest BCUT2D eigenvalue weighted by atomic mass is 10.2. The lowest BCUT2D eigenvalue weighted by Crippen LogP contribution is -2.27. The second kappa shape index (κ2) is 7.11. The Labute approximate surface area is 146 Å². The van der Waals surface area contributed by atoms with E-state index in [2.05, 4.69) is 27.8 Å². The second-order valence-corrected chi connectivity index (χ2v) is 6.09. The number of furan rings is 2. The summed E-state index contributed by atoms with van der Waals surface area (Å²) in [6.07, 6.45) is 2.85. The van der Waals surface area contributed by atoms with Gasteiger partial charge in [0, 0.05) is 25.2 Å². The Balaban J connectivity index is 1.68. The van der Waals surface area contributed by atoms with E-state index >= 15 is 0 Å². The number of hydrogen-bond acceptors (Lipinski definition) is 4. The molecule has 1 atom stereocenters. The molecular weight excluding hydrogens is 376 g/mol. The van der Waals surface area contributed by atoms with Crippen LogP contribution >= 0.6 is 15.9 Å². The molecule has 7 heteroatoms. The third-order valence-electron chi connectivity index (χ3n) is 3.68. The zero-order valence-electron chi connectivity index (χ0n) is 12.9. The third-order valence-corrected chi connectivity index (χ3v) is 4.07. The van der Waals surface area contributed by atoms with Gasteiger partial charge >= 0.3 is 0 Å². The number of fused-ring (bicyclic) bond motifs is 1. The third kappa shape index (κ3) is 3.32. The number of aliphatic hydroxyl groups is 1. The van der Waals surface area contributed by atoms with Gasteiger partial charge in [-0.1, -0.05) is 6.08 Å². The molecule has 6 nitrogen and oxygen atoms in total. The molecule has 3 heterocycles. The second-order valence-electron chi connectivity index (χ2n) is 5.30. The summed E-state index contributed by atoms with van der Waals surface area (Å²) in [6, 6.07) is 6.93. The first kappa shape index (κ1) is 16.6. The quantitative estimate of drug-likeness (QED) is 0.601. The van der Waals surface area contributed by atoms with Crippen molar-refractivity contribution < 1.29 is 18.7 Å². The molecular formula is C17H17BrN2O4. The van der Waals surface area contributed by atoms with Gasteiger partial charge in [-0.2, -0.15) is 0 Å². The van der Waals surface area contributed by atoms with Crippen molar-refractivity contribution in [1.29, 1.82) is 0 Å². The zero-order valence-corrected chi connectivity index (χ0v) is 14.5. The summed E-state index contributed by atoms with van der Waals surface area (Å²) in [6.45, 7) is 4.54. The molecule has 3 rings (SSSR count). The van der Waals surface area contributed by atoms with E-state index in [4.69, 9.17) is 8.83 Å². The smallest absolute Gasteiger partial charge is 0.268 e. The first-order valence-corrected chi connectivity index (χ1v) is 8.28. The first-order chi connectivity index (χ1) is 11.6. The molecule has 0 fully saturated rings. The van der Waals surface area contributed by atoms with Crippen LogP contribution in [0.1, 0.15) is 28.8 Å². The van der Waals surface area contributed by atoms with Crippen molar-refractivity contribution in [2.45, 2.75) is 19.1 Å². The van der Waals surface area contributed by atoms with Crippen LogP contribution in [0.25, 0.3) is 11.1 Å². The van der Waals surface area contributed by atoms with Gasteiger partial charge < -0.3 is 23.8 Å². The van der Waals surface area contributed by atoms with E-state index in [0.717, 1.165) is 5.52 Å². The molecule has 24 heavy (non-hydrogen) atoms. The van der Waals surface area contributed by atoms with Crippen LogP contribution in [-0.2, 0) is 6.54 Å². The summed E-state index contributed by atoms with van der Waals surface area (Å²) in [7, 11) is 0. The number of aliphatic hydroxyl groups excluding tert-OH is 1. The minimum absolute atomic E-state index is 0.231. The molecule has 0 saturated carbocycles. The number of rotatable bonds is 7. The van der Waals surface area contributed by atoms with E-state index < -0.39 is 6.10 Å². The van der Waals surface area contributed by atoms with Crippen LogP contribution in [0.15, 0.2) is 56.7 Å². The van der Waals surface area contributed by atoms with Crippen molar-refractivity contribution in [2.24, 2.45) is 0 Å². The van der Waals surface area contributed by atoms with Crippen molar-refractivity contribution in [3.63, 3.8) is 0 Å². The number of halogens is 1. The minimum atomic E-state index is -0.743. The van der Waals surface area contributed by atoms with Gasteiger partial charge in [0.15, 0.2) is 10.3 Å². The first-order valence-electron chi connectivity index (χ1n) is 7.49. The van der Waals surface area contributed by atoms with Crippen LogP contribution in [0.2, 0.25) is 0 Å². The van der Waals surface area contributed by atoms with Gasteiger partial charge in [-0.15, -0.1) is 6.58 Å². The van der Waals surface area contributed by atoms with E-state index in [1.54, 1.807) is 24.3 Å². The number of carbonyl (C=O) groups is 1. The normalized spacial score (nSPS) is 12.4. The number of carbonyl (C=O) groups excluding carboxylic acids is 1. The van der Waals surface area contributed by atoms with Crippen LogP contribution in [0.4, 0.5) is 0 Å². The van der Waals surface area contributed by atoms with Crippen LogP contribution in [0, 0.1) is 0 Å². The van der Waals surface area contributed by atoms with Gasteiger partial charge in [-0.25, -0.2) is 0 Å². The van der Waals surface area contributed by atoms with Crippen molar-refractivity contribution in [3.8, 4) is 0 Å². The van der Waals surface area contributed by atoms with Gasteiger partial charge in [0.05, 0.1) is 11.8 Å². The monoisotopic (exact) mass is 392 g/mol. The average Bonchev–Trinajstić information content (AvgIpc) is 3.25. The summed E-state index contributed by atoms with van der Waals surface area (Å²) in [5.74, 6) is 0.257. The molecule has 0 spiro atoms. The molecule has 0 saturated heterocycles. The lowest BCUT2D eigenvalue weighted by Gasteiger charge is -2.10. The van der Waals surface area contributed by atoms with Gasteiger partial charge in [0.25, 0.3) is 5.91 Å². The maximum atomic E-state index is 12.4. The summed E-state index contributed by atoms with van der Waals surface area (Å²) in [5, 5.41) is 12.8. The van der Waals surface area contributed by atoms with Crippen molar-refractivity contribution >= 4 is 32.9 Å². The molecule has 0 aliphatic carbocycles. The SMILES string of the molecule is C=CCn1c(C(=O)NCCC(O)c2ccco2)cc2oc(Br)cc21. The number of hydrogen-bond donors (Lipinski definition) is 2. The topological polar surface area (TPSA) is 80.5 Å². The largest absolute Gasteiger partial charge is 0.467 e. The van der Waals surface area contributed by atoms with E-state index in [9.17, 15) is 9.90 Å². The number of allylic oxidation sites excluding steroid dienone is 1. The summed E-state index contributed by atoms with van der Waals surface area (Å²) < 4.78 is 13.1. The molecule has 1 amide bonds. The fraction of sp³-hybridized carbons (Fsp3) is 0.235. The molecule has 3 aromatic rings. The molecule has 0 radical (unpaired) electrons. The highest BCUT2D eigenvalue weighted by Gasteiger charge is 2.18. The van der Waals surface area contributed by atoms with Crippen molar-refractivity contribution in [3.05, 3.63) is 59.3 Å². The van der Waals surface area contributed by atoms with Gasteiger partial charge in [-0.3, -0.25) is 4.79 Å². The molecule has 3 aromatic heterocycles. The predicted molar refractivity (Wildman–Crippen MR) is 92.7 cm³/mol. The molecule has 0 aliphatic rings. The number of nitrogens with zero attached hydrogens (tertiary/aromatic N) is 1. The summed E-state index contributed by atoms with van der Waals surface area (Å²) >= 11 is 3.28. The summed E-state index contributed by atoms with van der Waals surface area (Å²) in [5.41, 5.74) is 1.94. The zero-order chi connectivity index (χ0) is 17.1. The van der Waals surface area contributed by atoms with E-state index in [1.165, 1.54) is 6.26 Å². The highest BCUT2D eigenvalue weighted by Crippen LogP contribution is 2.27. The maximum absolute atomic E-state index is 12.4. The fourth-order valence-electron chi connectivity index (χ4n) is 2.56. The van der Waals surface area contributed by atoms with Crippen LogP contribution in [0.5, 0.6) is 0 Å². The molecule has 2 N–H and O–H groups in total. The molecule has 0 bridgehead atoms. The van der Waals surface area contributed by atoms with Gasteiger partial charge in [-0.05, 0) is 34.5 Å². The fourth-order valence-corrected chi connectivity index (χ4v) is 2.95. The van der Waals surface area contributed by atoms with Crippen LogP contribution in [-0.4, -0.2) is 22.1 Å². The van der Waals surface area contributed by atoms with Gasteiger partial charge in [0.1, 0.15) is 17.6 Å². The number of aromatic nitrogens is 1. The lowest BCUT2D eigenvalue weighted by molar-refractivity contribution is 0.0928.